The van der Waals surface area contributed by atoms with Gasteiger partial charge in [-0.2, -0.15) is 0 Å². The van der Waals surface area contributed by atoms with Gasteiger partial charge in [0.25, 0.3) is 0 Å². The molecule has 0 aliphatic rings. The fraction of sp³-hybridized carbons (Fsp3) is 0.208. The number of halogens is 4. The van der Waals surface area contributed by atoms with Crippen molar-refractivity contribution >= 4 is 70.1 Å². The van der Waals surface area contributed by atoms with Crippen LogP contribution in [0.1, 0.15) is 36.2 Å². The summed E-state index contributed by atoms with van der Waals surface area (Å²) in [6.07, 6.45) is -0.318. The second-order valence-electron chi connectivity index (χ2n) is 6.68. The van der Waals surface area contributed by atoms with Gasteiger partial charge in [-0.15, -0.1) is 0 Å². The summed E-state index contributed by atoms with van der Waals surface area (Å²) in [6, 6.07) is 8.53. The van der Waals surface area contributed by atoms with Gasteiger partial charge in [-0.25, -0.2) is 14.4 Å². The summed E-state index contributed by atoms with van der Waals surface area (Å²) in [7, 11) is 0. The van der Waals surface area contributed by atoms with Gasteiger partial charge in [0.05, 0.1) is 44.4 Å². The van der Waals surface area contributed by atoms with E-state index < -0.39 is 17.9 Å². The summed E-state index contributed by atoms with van der Waals surface area (Å²) in [5, 5.41) is 0.776. The lowest BCUT2D eigenvalue weighted by molar-refractivity contribution is -0.139. The van der Waals surface area contributed by atoms with Crippen LogP contribution in [0.25, 0.3) is 5.76 Å². The third kappa shape index (κ3) is 7.24. The second kappa shape index (κ2) is 12.8. The van der Waals surface area contributed by atoms with Crippen LogP contribution in [-0.4, -0.2) is 31.1 Å². The van der Waals surface area contributed by atoms with Gasteiger partial charge in [0, 0.05) is 17.6 Å². The molecular formula is C24H20Cl4O6. The van der Waals surface area contributed by atoms with Crippen molar-refractivity contribution in [2.45, 2.75) is 20.3 Å². The molecule has 10 heteroatoms. The predicted molar refractivity (Wildman–Crippen MR) is 132 cm³/mol. The van der Waals surface area contributed by atoms with Crippen LogP contribution in [0, 0.1) is 0 Å². The molecule has 180 valence electrons. The Morgan fingerprint density at radius 1 is 0.765 bits per heavy atom. The molecule has 34 heavy (non-hydrogen) atoms. The van der Waals surface area contributed by atoms with Crippen LogP contribution in [0.15, 0.2) is 54.1 Å². The first kappa shape index (κ1) is 27.7. The molecule has 0 aliphatic carbocycles. The maximum atomic E-state index is 13.0. The number of carbonyl (C=O) groups excluding carboxylic acids is 3. The maximum Gasteiger partial charge on any atom is 0.343 e. The van der Waals surface area contributed by atoms with E-state index in [9.17, 15) is 14.4 Å². The van der Waals surface area contributed by atoms with E-state index in [2.05, 4.69) is 6.58 Å². The average Bonchev–Trinajstić information content (AvgIpc) is 2.79. The predicted octanol–water partition coefficient (Wildman–Crippen LogP) is 6.94. The van der Waals surface area contributed by atoms with Gasteiger partial charge in [0.2, 0.25) is 0 Å². The average molecular weight is 546 g/mol. The van der Waals surface area contributed by atoms with Gasteiger partial charge in [-0.3, -0.25) is 0 Å². The van der Waals surface area contributed by atoms with E-state index in [1.54, 1.807) is 13.8 Å². The maximum absolute atomic E-state index is 13.0. The molecule has 0 atom stereocenters. The van der Waals surface area contributed by atoms with Crippen LogP contribution in [0.2, 0.25) is 20.1 Å². The lowest BCUT2D eigenvalue weighted by Crippen LogP contribution is -2.17. The van der Waals surface area contributed by atoms with E-state index in [1.807, 2.05) is 0 Å². The first-order valence-corrected chi connectivity index (χ1v) is 11.5. The topological polar surface area (TPSA) is 78.9 Å². The zero-order valence-corrected chi connectivity index (χ0v) is 21.3. The highest BCUT2D eigenvalue weighted by molar-refractivity contribution is 6.42. The Kier molecular flexibility index (Phi) is 10.5. The number of carbonyl (C=O) groups is 3. The molecule has 0 saturated heterocycles. The van der Waals surface area contributed by atoms with Crippen LogP contribution < -0.4 is 0 Å². The quantitative estimate of drug-likeness (QED) is 0.147. The number of rotatable bonds is 9. The smallest absolute Gasteiger partial charge is 0.343 e. The zero-order valence-electron chi connectivity index (χ0n) is 18.3. The number of ether oxygens (including phenoxy) is 3. The first-order valence-electron chi connectivity index (χ1n) is 9.96. The van der Waals surface area contributed by atoms with Crippen molar-refractivity contribution < 1.29 is 28.6 Å². The molecular weight excluding hydrogens is 526 g/mol. The molecule has 2 aromatic carbocycles. The lowest BCUT2D eigenvalue weighted by atomic mass is 10.0. The Hall–Kier alpha value is -2.51. The van der Waals surface area contributed by atoms with Crippen molar-refractivity contribution in [1.82, 2.24) is 0 Å². The largest absolute Gasteiger partial charge is 0.463 e. The summed E-state index contributed by atoms with van der Waals surface area (Å²) in [6.45, 7) is 7.07. The van der Waals surface area contributed by atoms with E-state index in [0.29, 0.717) is 0 Å². The highest BCUT2D eigenvalue weighted by Gasteiger charge is 2.26. The molecule has 0 heterocycles. The Bertz CT molecular complexity index is 1160. The van der Waals surface area contributed by atoms with Crippen molar-refractivity contribution in [3.8, 4) is 0 Å². The van der Waals surface area contributed by atoms with Gasteiger partial charge >= 0.3 is 17.9 Å². The van der Waals surface area contributed by atoms with E-state index in [-0.39, 0.29) is 67.8 Å². The molecule has 2 aromatic rings. The Morgan fingerprint density at radius 3 is 1.79 bits per heavy atom. The minimum Gasteiger partial charge on any atom is -0.463 e. The second-order valence-corrected chi connectivity index (χ2v) is 8.31. The van der Waals surface area contributed by atoms with Gasteiger partial charge in [0.15, 0.2) is 0 Å². The molecule has 0 aromatic heterocycles. The first-order chi connectivity index (χ1) is 16.1. The third-order valence-corrected chi connectivity index (χ3v) is 5.76. The number of esters is 3. The molecule has 6 nitrogen and oxygen atoms in total. The van der Waals surface area contributed by atoms with Gasteiger partial charge in [-0.05, 0) is 50.2 Å². The molecule has 0 spiro atoms. The molecule has 0 fully saturated rings. The van der Waals surface area contributed by atoms with Gasteiger partial charge in [0.1, 0.15) is 5.76 Å². The molecule has 0 amide bonds. The zero-order chi connectivity index (χ0) is 25.4. The monoisotopic (exact) mass is 544 g/mol. The van der Waals surface area contributed by atoms with E-state index >= 15 is 0 Å². The van der Waals surface area contributed by atoms with Crippen molar-refractivity contribution in [2.75, 3.05) is 13.2 Å². The van der Waals surface area contributed by atoms with Crippen LogP contribution in [0.5, 0.6) is 0 Å². The minimum absolute atomic E-state index is 0.0314. The normalized spacial score (nSPS) is 11.4. The van der Waals surface area contributed by atoms with Crippen molar-refractivity contribution in [2.24, 2.45) is 0 Å². The molecule has 0 saturated carbocycles. The Labute approximate surface area is 217 Å². The fourth-order valence-corrected chi connectivity index (χ4v) is 3.29. The summed E-state index contributed by atoms with van der Waals surface area (Å²) < 4.78 is 15.7. The van der Waals surface area contributed by atoms with Gasteiger partial charge < -0.3 is 14.2 Å². The summed E-state index contributed by atoms with van der Waals surface area (Å²) in [5.74, 6) is -2.58. The summed E-state index contributed by atoms with van der Waals surface area (Å²) in [5.41, 5.74) is 0.113. The van der Waals surface area contributed by atoms with Crippen molar-refractivity contribution in [3.63, 3.8) is 0 Å². The van der Waals surface area contributed by atoms with Crippen LogP contribution >= 0.6 is 46.4 Å². The molecule has 0 N–H and O–H groups in total. The number of benzene rings is 2. The Morgan fingerprint density at radius 2 is 1.26 bits per heavy atom. The van der Waals surface area contributed by atoms with E-state index in [4.69, 9.17) is 60.6 Å². The SMILES string of the molecule is C=C(C/C(C(=O)OCC)=C(/OC(=O)c1ccc(Cl)c(Cl)c1)c1ccc(Cl)c(Cl)c1)C(=O)OCC. The lowest BCUT2D eigenvalue weighted by Gasteiger charge is -2.16. The molecule has 0 bridgehead atoms. The highest BCUT2D eigenvalue weighted by Crippen LogP contribution is 2.32. The summed E-state index contributed by atoms with van der Waals surface area (Å²) >= 11 is 24.1. The number of hydrogen-bond donors (Lipinski definition) is 0. The minimum atomic E-state index is -0.844. The Balaban J connectivity index is 2.65. The van der Waals surface area contributed by atoms with E-state index in [0.717, 1.165) is 0 Å². The van der Waals surface area contributed by atoms with Crippen LogP contribution in [0.3, 0.4) is 0 Å². The molecule has 0 unspecified atom stereocenters. The van der Waals surface area contributed by atoms with Gasteiger partial charge in [-0.1, -0.05) is 53.0 Å². The molecule has 0 aliphatic heterocycles. The third-order valence-electron chi connectivity index (χ3n) is 4.28. The highest BCUT2D eigenvalue weighted by atomic mass is 35.5. The van der Waals surface area contributed by atoms with Crippen molar-refractivity contribution in [3.05, 3.63) is 85.3 Å². The molecule has 2 rings (SSSR count). The van der Waals surface area contributed by atoms with E-state index in [1.165, 1.54) is 36.4 Å². The fourth-order valence-electron chi connectivity index (χ4n) is 2.69. The number of hydrogen-bond acceptors (Lipinski definition) is 6. The van der Waals surface area contributed by atoms with Crippen LogP contribution in [-0.2, 0) is 23.8 Å². The van der Waals surface area contributed by atoms with Crippen LogP contribution in [0.4, 0.5) is 0 Å². The standard InChI is InChI=1S/C24H20Cl4O6/c1-4-32-22(29)13(3)10-16(24(31)33-5-2)21(14-6-8-17(25)19(27)11-14)34-23(30)15-7-9-18(26)20(28)12-15/h6-9,11-12H,3-5,10H2,1-2H3/b21-16-. The summed E-state index contributed by atoms with van der Waals surface area (Å²) in [4.78, 5) is 38.0. The molecule has 0 radical (unpaired) electrons. The van der Waals surface area contributed by atoms with Crippen molar-refractivity contribution in [1.29, 1.82) is 0 Å².